The van der Waals surface area contributed by atoms with Gasteiger partial charge in [-0.25, -0.2) is 4.98 Å². The van der Waals surface area contributed by atoms with E-state index in [1.807, 2.05) is 42.8 Å². The number of pyridine rings is 2. The number of aryl methyl sites for hydroxylation is 1. The van der Waals surface area contributed by atoms with Crippen molar-refractivity contribution in [2.75, 3.05) is 28.4 Å². The van der Waals surface area contributed by atoms with Crippen LogP contribution in [-0.4, -0.2) is 53.9 Å². The van der Waals surface area contributed by atoms with E-state index in [0.29, 0.717) is 29.3 Å². The Labute approximate surface area is 251 Å². The Balaban J connectivity index is 1.59. The van der Waals surface area contributed by atoms with Gasteiger partial charge in [-0.3, -0.25) is 9.48 Å². The molecule has 1 saturated carbocycles. The number of benzene rings is 2. The molecule has 0 aliphatic heterocycles. The van der Waals surface area contributed by atoms with Gasteiger partial charge in [0.25, 0.3) is 5.56 Å². The standard InChI is InChI=1S/C34H38N4O5/c1-20-17-35-33(43-6)21(2)31(20)22-8-14-27-29(15-22)37(19-23-7-11-26(41-4)16-30(23)42-5)34(39)28-18-36-38(32(27)28)24-9-12-25(40-3)13-10-24/h7-8,11,14-18,24-25H,9-10,12-13,19H2,1-6H3. The highest BCUT2D eigenvalue weighted by Crippen LogP contribution is 2.37. The van der Waals surface area contributed by atoms with Gasteiger partial charge < -0.3 is 23.5 Å². The molecule has 3 heterocycles. The van der Waals surface area contributed by atoms with Crippen molar-refractivity contribution in [3.05, 3.63) is 75.8 Å². The minimum absolute atomic E-state index is 0.0879. The summed E-state index contributed by atoms with van der Waals surface area (Å²) in [5, 5.41) is 6.40. The normalized spacial score (nSPS) is 17.0. The second-order valence-corrected chi connectivity index (χ2v) is 11.3. The molecule has 0 spiro atoms. The van der Waals surface area contributed by atoms with E-state index >= 15 is 0 Å². The molecule has 1 fully saturated rings. The van der Waals surface area contributed by atoms with E-state index in [-0.39, 0.29) is 17.7 Å². The van der Waals surface area contributed by atoms with E-state index in [2.05, 4.69) is 27.9 Å². The number of fused-ring (bicyclic) bond motifs is 3. The van der Waals surface area contributed by atoms with Crippen molar-refractivity contribution in [3.63, 3.8) is 0 Å². The second-order valence-electron chi connectivity index (χ2n) is 11.3. The lowest BCUT2D eigenvalue weighted by Crippen LogP contribution is -2.24. The first kappa shape index (κ1) is 28.7. The molecule has 3 aromatic heterocycles. The summed E-state index contributed by atoms with van der Waals surface area (Å²) in [7, 11) is 6.67. The first-order valence-corrected chi connectivity index (χ1v) is 14.7. The quantitative estimate of drug-likeness (QED) is 0.214. The van der Waals surface area contributed by atoms with E-state index in [9.17, 15) is 4.79 Å². The molecular weight excluding hydrogens is 544 g/mol. The Morgan fingerprint density at radius 1 is 0.884 bits per heavy atom. The molecule has 224 valence electrons. The average Bonchev–Trinajstić information content (AvgIpc) is 3.49. The Kier molecular flexibility index (Phi) is 7.83. The van der Waals surface area contributed by atoms with Crippen LogP contribution >= 0.6 is 0 Å². The number of hydrogen-bond acceptors (Lipinski definition) is 7. The van der Waals surface area contributed by atoms with Gasteiger partial charge in [-0.15, -0.1) is 0 Å². The lowest BCUT2D eigenvalue weighted by atomic mass is 9.92. The van der Waals surface area contributed by atoms with E-state index in [1.165, 1.54) is 0 Å². The summed E-state index contributed by atoms with van der Waals surface area (Å²) in [4.78, 5) is 18.8. The third-order valence-electron chi connectivity index (χ3n) is 8.91. The zero-order valence-electron chi connectivity index (χ0n) is 25.6. The maximum absolute atomic E-state index is 14.3. The van der Waals surface area contributed by atoms with Crippen molar-refractivity contribution in [1.29, 1.82) is 0 Å². The van der Waals surface area contributed by atoms with Gasteiger partial charge in [0.05, 0.1) is 62.6 Å². The Hall–Kier alpha value is -4.37. The highest BCUT2D eigenvalue weighted by Gasteiger charge is 2.26. The van der Waals surface area contributed by atoms with Crippen molar-refractivity contribution in [2.45, 2.75) is 58.2 Å². The molecule has 0 amide bonds. The number of nitrogens with zero attached hydrogens (tertiary/aromatic N) is 4. The molecule has 6 rings (SSSR count). The minimum atomic E-state index is -0.0879. The van der Waals surface area contributed by atoms with Crippen molar-refractivity contribution < 1.29 is 18.9 Å². The summed E-state index contributed by atoms with van der Waals surface area (Å²) >= 11 is 0. The zero-order valence-corrected chi connectivity index (χ0v) is 25.6. The average molecular weight is 583 g/mol. The summed E-state index contributed by atoms with van der Waals surface area (Å²) in [6.45, 7) is 4.38. The van der Waals surface area contributed by atoms with Crippen LogP contribution < -0.4 is 19.8 Å². The van der Waals surface area contributed by atoms with E-state index < -0.39 is 0 Å². The lowest BCUT2D eigenvalue weighted by molar-refractivity contribution is 0.0574. The van der Waals surface area contributed by atoms with Crippen LogP contribution in [0.5, 0.6) is 17.4 Å². The predicted octanol–water partition coefficient (Wildman–Crippen LogP) is 6.23. The summed E-state index contributed by atoms with van der Waals surface area (Å²) in [5.74, 6) is 1.94. The third kappa shape index (κ3) is 5.01. The van der Waals surface area contributed by atoms with Crippen LogP contribution in [0, 0.1) is 13.8 Å². The van der Waals surface area contributed by atoms with Gasteiger partial charge in [0, 0.05) is 35.9 Å². The van der Waals surface area contributed by atoms with Gasteiger partial charge in [0.15, 0.2) is 0 Å². The number of rotatable bonds is 8. The molecule has 0 radical (unpaired) electrons. The largest absolute Gasteiger partial charge is 0.497 e. The lowest BCUT2D eigenvalue weighted by Gasteiger charge is -2.28. The van der Waals surface area contributed by atoms with Gasteiger partial charge in [0.1, 0.15) is 11.5 Å². The van der Waals surface area contributed by atoms with Crippen molar-refractivity contribution in [2.24, 2.45) is 0 Å². The maximum Gasteiger partial charge on any atom is 0.262 e. The molecule has 43 heavy (non-hydrogen) atoms. The van der Waals surface area contributed by atoms with Crippen molar-refractivity contribution >= 4 is 21.8 Å². The highest BCUT2D eigenvalue weighted by atomic mass is 16.5. The number of aromatic nitrogens is 4. The van der Waals surface area contributed by atoms with Crippen LogP contribution in [0.25, 0.3) is 32.9 Å². The van der Waals surface area contributed by atoms with Crippen LogP contribution in [0.4, 0.5) is 0 Å². The zero-order chi connectivity index (χ0) is 30.2. The summed E-state index contributed by atoms with van der Waals surface area (Å²) in [6, 6.07) is 12.2. The fraction of sp³-hybridized carbons (Fsp3) is 0.382. The summed E-state index contributed by atoms with van der Waals surface area (Å²) in [6.07, 6.45) is 7.69. The van der Waals surface area contributed by atoms with Crippen LogP contribution in [0.15, 0.2) is 53.6 Å². The molecule has 5 aromatic rings. The molecule has 2 aromatic carbocycles. The molecule has 0 unspecified atom stereocenters. The second kappa shape index (κ2) is 11.7. The molecule has 0 saturated heterocycles. The van der Waals surface area contributed by atoms with Crippen LogP contribution in [0.1, 0.15) is 48.4 Å². The van der Waals surface area contributed by atoms with Gasteiger partial charge in [-0.1, -0.05) is 12.1 Å². The van der Waals surface area contributed by atoms with Crippen LogP contribution in [0.3, 0.4) is 0 Å². The predicted molar refractivity (Wildman–Crippen MR) is 168 cm³/mol. The smallest absolute Gasteiger partial charge is 0.262 e. The number of hydrogen-bond donors (Lipinski definition) is 0. The molecule has 1 aliphatic carbocycles. The summed E-state index contributed by atoms with van der Waals surface area (Å²) in [5.41, 5.74) is 6.51. The molecule has 1 aliphatic rings. The Morgan fingerprint density at radius 2 is 1.67 bits per heavy atom. The van der Waals surface area contributed by atoms with Crippen molar-refractivity contribution in [1.82, 2.24) is 19.3 Å². The molecule has 0 atom stereocenters. The van der Waals surface area contributed by atoms with Gasteiger partial charge in [0.2, 0.25) is 5.88 Å². The molecule has 0 N–H and O–H groups in total. The van der Waals surface area contributed by atoms with Crippen LogP contribution in [-0.2, 0) is 11.3 Å². The van der Waals surface area contributed by atoms with Crippen LogP contribution in [0.2, 0.25) is 0 Å². The molecule has 9 heteroatoms. The molecule has 0 bridgehead atoms. The van der Waals surface area contributed by atoms with Crippen molar-refractivity contribution in [3.8, 4) is 28.5 Å². The van der Waals surface area contributed by atoms with E-state index in [4.69, 9.17) is 24.0 Å². The summed E-state index contributed by atoms with van der Waals surface area (Å²) < 4.78 is 26.2. The molecule has 9 nitrogen and oxygen atoms in total. The van der Waals surface area contributed by atoms with Gasteiger partial charge >= 0.3 is 0 Å². The Bertz CT molecular complexity index is 1870. The fourth-order valence-corrected chi connectivity index (χ4v) is 6.63. The van der Waals surface area contributed by atoms with Gasteiger partial charge in [-0.05, 0) is 74.4 Å². The minimum Gasteiger partial charge on any atom is -0.497 e. The first-order valence-electron chi connectivity index (χ1n) is 14.7. The first-order chi connectivity index (χ1) is 20.9. The Morgan fingerprint density at radius 3 is 2.37 bits per heavy atom. The third-order valence-corrected chi connectivity index (χ3v) is 8.91. The number of ether oxygens (including phenoxy) is 4. The highest BCUT2D eigenvalue weighted by molar-refractivity contribution is 6.05. The topological polar surface area (TPSA) is 89.6 Å². The monoisotopic (exact) mass is 582 g/mol. The van der Waals surface area contributed by atoms with Gasteiger partial charge in [-0.2, -0.15) is 5.10 Å². The SMILES string of the molecule is COc1ccc(Cn2c(=O)c3cnn(C4CCC(OC)CC4)c3c3ccc(-c4c(C)cnc(OC)c4C)cc32)c(OC)c1. The van der Waals surface area contributed by atoms with E-state index in [1.54, 1.807) is 34.6 Å². The number of methoxy groups -OCH3 is 4. The maximum atomic E-state index is 14.3. The molecular formula is C34H38N4O5. The fourth-order valence-electron chi connectivity index (χ4n) is 6.63. The van der Waals surface area contributed by atoms with E-state index in [0.717, 1.165) is 69.9 Å².